The Bertz CT molecular complexity index is 433. The number of benzene rings is 1. The normalized spacial score (nSPS) is 14.6. The molecule has 1 aromatic rings. The van der Waals surface area contributed by atoms with Crippen LogP contribution in [0.15, 0.2) is 18.3 Å². The fourth-order valence-electron chi connectivity index (χ4n) is 1.47. The van der Waals surface area contributed by atoms with Crippen LogP contribution in [0.1, 0.15) is 5.56 Å². The third-order valence-corrected chi connectivity index (χ3v) is 2.21. The summed E-state index contributed by atoms with van der Waals surface area (Å²) in [6, 6.07) is 2.95. The lowest BCUT2D eigenvalue weighted by molar-refractivity contribution is -1.00. The van der Waals surface area contributed by atoms with Crippen molar-refractivity contribution < 1.29 is 30.3 Å². The number of hydrogen-bond donors (Lipinski definition) is 4. The summed E-state index contributed by atoms with van der Waals surface area (Å²) in [6.45, 7) is 0. The Morgan fingerprint density at radius 2 is 1.67 bits per heavy atom. The summed E-state index contributed by atoms with van der Waals surface area (Å²) in [4.78, 5) is 0. The van der Waals surface area contributed by atoms with Gasteiger partial charge in [-0.15, -0.1) is 0 Å². The van der Waals surface area contributed by atoms with E-state index in [0.717, 1.165) is 12.3 Å². The molecule has 0 aliphatic carbocycles. The maximum Gasteiger partial charge on any atom is 0.217 e. The fraction of sp³-hybridized carbons (Fsp3) is 0.200. The fourth-order valence-corrected chi connectivity index (χ4v) is 1.47. The molecule has 18 heavy (non-hydrogen) atoms. The van der Waals surface area contributed by atoms with Gasteiger partial charge in [-0.25, -0.2) is 15.6 Å². The zero-order valence-corrected chi connectivity index (χ0v) is 9.84. The number of ether oxygens (including phenoxy) is 2. The van der Waals surface area contributed by atoms with Crippen LogP contribution in [0.25, 0.3) is 6.08 Å². The molecule has 0 saturated carbocycles. The Kier molecular flexibility index (Phi) is 5.04. The van der Waals surface area contributed by atoms with Gasteiger partial charge in [-0.1, -0.05) is 0 Å². The highest BCUT2D eigenvalue weighted by Crippen LogP contribution is 2.33. The van der Waals surface area contributed by atoms with E-state index in [1.165, 1.54) is 26.4 Å². The molecule has 4 N–H and O–H groups in total. The molecule has 2 unspecified atom stereocenters. The highest BCUT2D eigenvalue weighted by atomic mass is 16.8. The molecule has 0 spiro atoms. The van der Waals surface area contributed by atoms with Crippen LogP contribution in [-0.2, 0) is 0 Å². The standard InChI is InChI=1S/C10H14N2O6/c1-17-8-3-4-9(18-2)10(12(15)16)7(8)5-6-11(13)14/h3-6,11-13,15H,1-2H3. The number of hydrogen-bond acceptors (Lipinski definition) is 6. The zero-order chi connectivity index (χ0) is 13.7. The Morgan fingerprint density at radius 3 is 2.11 bits per heavy atom. The molecule has 1 rings (SSSR count). The highest BCUT2D eigenvalue weighted by Gasteiger charge is 2.19. The van der Waals surface area contributed by atoms with Gasteiger partial charge in [0.05, 0.1) is 19.8 Å². The molecule has 0 radical (unpaired) electrons. The first-order valence-corrected chi connectivity index (χ1v) is 4.90. The largest absolute Gasteiger partial charge is 0.595 e. The molecule has 8 heteroatoms. The van der Waals surface area contributed by atoms with E-state index in [2.05, 4.69) is 0 Å². The smallest absolute Gasteiger partial charge is 0.217 e. The molecule has 0 aromatic heterocycles. The molecule has 0 saturated heterocycles. The van der Waals surface area contributed by atoms with Crippen LogP contribution in [0.5, 0.6) is 11.5 Å². The quantitative estimate of drug-likeness (QED) is 0.496. The molecule has 0 heterocycles. The van der Waals surface area contributed by atoms with E-state index in [4.69, 9.17) is 19.9 Å². The molecule has 0 aliphatic rings. The van der Waals surface area contributed by atoms with Crippen LogP contribution < -0.4 is 19.9 Å². The van der Waals surface area contributed by atoms with Gasteiger partial charge in [0.1, 0.15) is 11.9 Å². The van der Waals surface area contributed by atoms with Gasteiger partial charge >= 0.3 is 0 Å². The first-order valence-electron chi connectivity index (χ1n) is 4.90. The Morgan fingerprint density at radius 1 is 1.11 bits per heavy atom. The van der Waals surface area contributed by atoms with E-state index in [0.29, 0.717) is 0 Å². The van der Waals surface area contributed by atoms with Gasteiger partial charge in [-0.3, -0.25) is 0 Å². The van der Waals surface area contributed by atoms with Crippen LogP contribution in [-0.4, -0.2) is 24.6 Å². The van der Waals surface area contributed by atoms with Gasteiger partial charge in [-0.2, -0.15) is 5.23 Å². The van der Waals surface area contributed by atoms with Crippen LogP contribution >= 0.6 is 0 Å². The van der Waals surface area contributed by atoms with Crippen LogP contribution in [0.4, 0.5) is 5.69 Å². The average molecular weight is 258 g/mol. The van der Waals surface area contributed by atoms with Gasteiger partial charge in [0.25, 0.3) is 0 Å². The number of hydroxylamine groups is 2. The van der Waals surface area contributed by atoms with Gasteiger partial charge in [-0.05, 0) is 12.1 Å². The number of rotatable bonds is 5. The average Bonchev–Trinajstić information content (AvgIpc) is 2.34. The summed E-state index contributed by atoms with van der Waals surface area (Å²) in [6.07, 6.45) is 2.00. The molecular formula is C10H14N2O6. The zero-order valence-electron chi connectivity index (χ0n) is 9.84. The summed E-state index contributed by atoms with van der Waals surface area (Å²) in [5, 5.41) is 37.0. The van der Waals surface area contributed by atoms with Gasteiger partial charge in [0.15, 0.2) is 5.75 Å². The second kappa shape index (κ2) is 6.31. The van der Waals surface area contributed by atoms with Crippen molar-refractivity contribution in [3.63, 3.8) is 0 Å². The van der Waals surface area contributed by atoms with Crippen molar-refractivity contribution in [2.24, 2.45) is 0 Å². The van der Waals surface area contributed by atoms with Crippen molar-refractivity contribution >= 4 is 11.8 Å². The molecule has 1 aromatic carbocycles. The lowest BCUT2D eigenvalue weighted by Crippen LogP contribution is -2.99. The molecular weight excluding hydrogens is 244 g/mol. The predicted octanol–water partition coefficient (Wildman–Crippen LogP) is -1.15. The molecule has 0 fully saturated rings. The van der Waals surface area contributed by atoms with Crippen LogP contribution in [0.2, 0.25) is 0 Å². The highest BCUT2D eigenvalue weighted by molar-refractivity contribution is 5.71. The topological polar surface area (TPSA) is 114 Å². The molecule has 0 bridgehead atoms. The maximum absolute atomic E-state index is 11.2. The van der Waals surface area contributed by atoms with Crippen molar-refractivity contribution in [2.75, 3.05) is 14.2 Å². The predicted molar refractivity (Wildman–Crippen MR) is 60.5 cm³/mol. The molecule has 2 atom stereocenters. The summed E-state index contributed by atoms with van der Waals surface area (Å²) in [5.74, 6) is 0.388. The third kappa shape index (κ3) is 3.17. The first kappa shape index (κ1) is 14.4. The molecule has 0 amide bonds. The number of methoxy groups -OCH3 is 2. The maximum atomic E-state index is 11.2. The van der Waals surface area contributed by atoms with Gasteiger partial charge < -0.3 is 19.9 Å². The molecule has 100 valence electrons. The SMILES string of the molecule is COc1ccc(OC)c([NH+]([O-])O)c1C=C[NH+]([O-])O. The molecule has 8 nitrogen and oxygen atoms in total. The summed E-state index contributed by atoms with van der Waals surface area (Å²) in [5.41, 5.74) is 0.00102. The van der Waals surface area contributed by atoms with Crippen LogP contribution in [0.3, 0.4) is 0 Å². The lowest BCUT2D eigenvalue weighted by Gasteiger charge is -2.19. The van der Waals surface area contributed by atoms with E-state index < -0.39 is 10.5 Å². The van der Waals surface area contributed by atoms with Crippen molar-refractivity contribution in [1.29, 1.82) is 0 Å². The second-order valence-corrected chi connectivity index (χ2v) is 3.24. The van der Waals surface area contributed by atoms with E-state index in [1.54, 1.807) is 0 Å². The third-order valence-electron chi connectivity index (χ3n) is 2.21. The number of quaternary nitrogens is 2. The van der Waals surface area contributed by atoms with Crippen molar-refractivity contribution in [1.82, 2.24) is 0 Å². The van der Waals surface area contributed by atoms with Crippen molar-refractivity contribution in [3.8, 4) is 11.5 Å². The van der Waals surface area contributed by atoms with Gasteiger partial charge in [0.2, 0.25) is 5.69 Å². The first-order chi connectivity index (χ1) is 8.51. The van der Waals surface area contributed by atoms with E-state index >= 15 is 0 Å². The molecule has 0 aliphatic heterocycles. The Labute approximate surface area is 103 Å². The Balaban J connectivity index is 3.40. The van der Waals surface area contributed by atoms with E-state index in [9.17, 15) is 10.4 Å². The number of nitrogens with one attached hydrogen (secondary N) is 2. The summed E-state index contributed by atoms with van der Waals surface area (Å²) in [7, 11) is 2.70. The van der Waals surface area contributed by atoms with Crippen LogP contribution in [0, 0.1) is 10.4 Å². The van der Waals surface area contributed by atoms with Crippen molar-refractivity contribution in [3.05, 3.63) is 34.3 Å². The summed E-state index contributed by atoms with van der Waals surface area (Å²) >= 11 is 0. The summed E-state index contributed by atoms with van der Waals surface area (Å²) < 4.78 is 9.94. The second-order valence-electron chi connectivity index (χ2n) is 3.24. The van der Waals surface area contributed by atoms with E-state index in [1.807, 2.05) is 0 Å². The minimum absolute atomic E-state index is 0.133. The van der Waals surface area contributed by atoms with E-state index in [-0.39, 0.29) is 22.7 Å². The Hall–Kier alpha value is -1.68. The minimum atomic E-state index is -1.23. The lowest BCUT2D eigenvalue weighted by atomic mass is 10.1. The monoisotopic (exact) mass is 258 g/mol. The minimum Gasteiger partial charge on any atom is -0.595 e. The van der Waals surface area contributed by atoms with Crippen molar-refractivity contribution in [2.45, 2.75) is 0 Å². The van der Waals surface area contributed by atoms with Gasteiger partial charge in [0, 0.05) is 6.08 Å².